The van der Waals surface area contributed by atoms with Crippen molar-refractivity contribution in [1.29, 1.82) is 0 Å². The monoisotopic (exact) mass is 318 g/mol. The number of hydrogen-bond acceptors (Lipinski definition) is 3. The van der Waals surface area contributed by atoms with Gasteiger partial charge in [0.1, 0.15) is 12.4 Å². The average molecular weight is 318 g/mol. The molecule has 15 heavy (non-hydrogen) atoms. The first-order chi connectivity index (χ1) is 7.28. The Morgan fingerprint density at radius 2 is 2.47 bits per heavy atom. The van der Waals surface area contributed by atoms with Gasteiger partial charge in [-0.05, 0) is 12.1 Å². The van der Waals surface area contributed by atoms with Gasteiger partial charge in [0.25, 0.3) is 0 Å². The third kappa shape index (κ3) is 1.95. The molecule has 80 valence electrons. The summed E-state index contributed by atoms with van der Waals surface area (Å²) in [6.07, 6.45) is 1.90. The zero-order chi connectivity index (χ0) is 10.8. The first-order valence-electron chi connectivity index (χ1n) is 4.67. The van der Waals surface area contributed by atoms with Gasteiger partial charge in [0, 0.05) is 22.0 Å². The lowest BCUT2D eigenvalue weighted by Gasteiger charge is -2.09. The molecule has 0 radical (unpaired) electrons. The fourth-order valence-corrected chi connectivity index (χ4v) is 2.22. The molecule has 0 spiro atoms. The second-order valence-corrected chi connectivity index (χ2v) is 4.31. The van der Waals surface area contributed by atoms with E-state index >= 15 is 0 Å². The van der Waals surface area contributed by atoms with Crippen LogP contribution in [0.25, 0.3) is 0 Å². The van der Waals surface area contributed by atoms with Gasteiger partial charge < -0.3 is 9.47 Å². The van der Waals surface area contributed by atoms with E-state index in [0.717, 1.165) is 28.4 Å². The topological polar surface area (TPSA) is 35.5 Å². The molecule has 1 aromatic carbocycles. The van der Waals surface area contributed by atoms with Gasteiger partial charge in [0.15, 0.2) is 11.5 Å². The summed E-state index contributed by atoms with van der Waals surface area (Å²) >= 11 is 2.29. The van der Waals surface area contributed by atoms with Crippen molar-refractivity contribution in [2.75, 3.05) is 11.5 Å². The standard InChI is InChI=1S/C11H11IO3/c1-14-10-3-7(6-13)2-8-4-9(5-12)15-11(8)10/h2-3,6,9H,4-5H2,1H3. The summed E-state index contributed by atoms with van der Waals surface area (Å²) in [6.45, 7) is 0. The molecular formula is C11H11IO3. The van der Waals surface area contributed by atoms with Crippen LogP contribution in [0.2, 0.25) is 0 Å². The Kier molecular flexibility index (Phi) is 3.14. The first-order valence-corrected chi connectivity index (χ1v) is 6.19. The lowest BCUT2D eigenvalue weighted by Crippen LogP contribution is -2.13. The summed E-state index contributed by atoms with van der Waals surface area (Å²) in [7, 11) is 1.59. The Balaban J connectivity index is 2.43. The molecule has 3 nitrogen and oxygen atoms in total. The summed E-state index contributed by atoms with van der Waals surface area (Å²) < 4.78 is 11.9. The third-order valence-electron chi connectivity index (χ3n) is 2.41. The van der Waals surface area contributed by atoms with Crippen molar-refractivity contribution in [3.63, 3.8) is 0 Å². The second-order valence-electron chi connectivity index (χ2n) is 3.43. The molecule has 1 aromatic rings. The van der Waals surface area contributed by atoms with Crippen molar-refractivity contribution in [2.24, 2.45) is 0 Å². The van der Waals surface area contributed by atoms with Gasteiger partial charge >= 0.3 is 0 Å². The zero-order valence-corrected chi connectivity index (χ0v) is 10.5. The number of fused-ring (bicyclic) bond motifs is 1. The predicted molar refractivity (Wildman–Crippen MR) is 65.4 cm³/mol. The van der Waals surface area contributed by atoms with Gasteiger partial charge in [-0.25, -0.2) is 0 Å². The van der Waals surface area contributed by atoms with Crippen LogP contribution in [-0.2, 0) is 6.42 Å². The van der Waals surface area contributed by atoms with Gasteiger partial charge in [-0.3, -0.25) is 4.79 Å². The highest BCUT2D eigenvalue weighted by molar-refractivity contribution is 14.1. The predicted octanol–water partition coefficient (Wildman–Crippen LogP) is 2.25. The fraction of sp³-hybridized carbons (Fsp3) is 0.364. The van der Waals surface area contributed by atoms with E-state index in [1.54, 1.807) is 13.2 Å². The van der Waals surface area contributed by atoms with E-state index in [9.17, 15) is 4.79 Å². The van der Waals surface area contributed by atoms with E-state index in [0.29, 0.717) is 11.3 Å². The number of hydrogen-bond donors (Lipinski definition) is 0. The summed E-state index contributed by atoms with van der Waals surface area (Å²) in [6, 6.07) is 3.58. The van der Waals surface area contributed by atoms with Crippen LogP contribution in [0.5, 0.6) is 11.5 Å². The number of carbonyl (C=O) groups excluding carboxylic acids is 1. The normalized spacial score (nSPS) is 18.1. The van der Waals surface area contributed by atoms with Gasteiger partial charge in [0.05, 0.1) is 7.11 Å². The maximum atomic E-state index is 10.7. The minimum atomic E-state index is 0.205. The number of benzene rings is 1. The Hall–Kier alpha value is -0.780. The van der Waals surface area contributed by atoms with Crippen LogP contribution in [0.1, 0.15) is 15.9 Å². The number of halogens is 1. The van der Waals surface area contributed by atoms with Crippen LogP contribution in [-0.4, -0.2) is 23.9 Å². The summed E-state index contributed by atoms with van der Waals surface area (Å²) in [5.41, 5.74) is 1.71. The van der Waals surface area contributed by atoms with Crippen molar-refractivity contribution < 1.29 is 14.3 Å². The lowest BCUT2D eigenvalue weighted by molar-refractivity contribution is 0.112. The van der Waals surface area contributed by atoms with Crippen molar-refractivity contribution in [3.8, 4) is 11.5 Å². The van der Waals surface area contributed by atoms with Gasteiger partial charge in [-0.2, -0.15) is 0 Å². The van der Waals surface area contributed by atoms with Crippen molar-refractivity contribution in [3.05, 3.63) is 23.3 Å². The molecule has 0 fully saturated rings. The van der Waals surface area contributed by atoms with Crippen LogP contribution >= 0.6 is 22.6 Å². The average Bonchev–Trinajstić information content (AvgIpc) is 2.70. The minimum Gasteiger partial charge on any atom is -0.493 e. The summed E-state index contributed by atoms with van der Waals surface area (Å²) in [5.74, 6) is 1.45. The highest BCUT2D eigenvalue weighted by atomic mass is 127. The number of methoxy groups -OCH3 is 1. The van der Waals surface area contributed by atoms with Gasteiger partial charge in [-0.15, -0.1) is 0 Å². The van der Waals surface area contributed by atoms with E-state index in [1.165, 1.54) is 0 Å². The number of rotatable bonds is 3. The molecule has 0 saturated carbocycles. The van der Waals surface area contributed by atoms with Crippen molar-refractivity contribution in [1.82, 2.24) is 0 Å². The lowest BCUT2D eigenvalue weighted by atomic mass is 10.1. The summed E-state index contributed by atoms with van der Waals surface area (Å²) in [5, 5.41) is 0. The van der Waals surface area contributed by atoms with E-state index in [2.05, 4.69) is 22.6 Å². The first kappa shape index (κ1) is 10.7. The van der Waals surface area contributed by atoms with Gasteiger partial charge in [-0.1, -0.05) is 22.6 Å². The van der Waals surface area contributed by atoms with Crippen LogP contribution in [0.4, 0.5) is 0 Å². The maximum absolute atomic E-state index is 10.7. The molecular weight excluding hydrogens is 307 g/mol. The van der Waals surface area contributed by atoms with Crippen LogP contribution in [0, 0.1) is 0 Å². The molecule has 0 bridgehead atoms. The zero-order valence-electron chi connectivity index (χ0n) is 8.33. The Bertz CT molecular complexity index is 390. The number of carbonyl (C=O) groups is 1. The molecule has 0 saturated heterocycles. The molecule has 2 rings (SSSR count). The molecule has 0 amide bonds. The molecule has 1 heterocycles. The number of ether oxygens (including phenoxy) is 2. The SMILES string of the molecule is COc1cc(C=O)cc2c1OC(CI)C2. The molecule has 1 aliphatic rings. The number of aldehydes is 1. The van der Waals surface area contributed by atoms with E-state index in [4.69, 9.17) is 9.47 Å². The third-order valence-corrected chi connectivity index (χ3v) is 3.40. The Labute approximate surface area is 102 Å². The van der Waals surface area contributed by atoms with E-state index < -0.39 is 0 Å². The van der Waals surface area contributed by atoms with Crippen LogP contribution in [0.3, 0.4) is 0 Å². The summed E-state index contributed by atoms with van der Waals surface area (Å²) in [4.78, 5) is 10.7. The fourth-order valence-electron chi connectivity index (χ4n) is 1.73. The van der Waals surface area contributed by atoms with Crippen LogP contribution < -0.4 is 9.47 Å². The molecule has 1 aliphatic heterocycles. The molecule has 1 unspecified atom stereocenters. The van der Waals surface area contributed by atoms with E-state index in [1.807, 2.05) is 6.07 Å². The molecule has 0 N–H and O–H groups in total. The Morgan fingerprint density at radius 3 is 3.07 bits per heavy atom. The van der Waals surface area contributed by atoms with Crippen molar-refractivity contribution >= 4 is 28.9 Å². The highest BCUT2D eigenvalue weighted by Gasteiger charge is 2.25. The molecule has 4 heteroatoms. The van der Waals surface area contributed by atoms with E-state index in [-0.39, 0.29) is 6.10 Å². The van der Waals surface area contributed by atoms with Crippen molar-refractivity contribution in [2.45, 2.75) is 12.5 Å². The molecule has 0 aromatic heterocycles. The molecule has 1 atom stereocenters. The largest absolute Gasteiger partial charge is 0.493 e. The number of alkyl halides is 1. The minimum absolute atomic E-state index is 0.205. The second kappa shape index (κ2) is 4.38. The smallest absolute Gasteiger partial charge is 0.164 e. The van der Waals surface area contributed by atoms with Crippen LogP contribution in [0.15, 0.2) is 12.1 Å². The molecule has 0 aliphatic carbocycles. The maximum Gasteiger partial charge on any atom is 0.164 e. The van der Waals surface area contributed by atoms with Gasteiger partial charge in [0.2, 0.25) is 0 Å². The highest BCUT2D eigenvalue weighted by Crippen LogP contribution is 2.39. The Morgan fingerprint density at radius 1 is 1.67 bits per heavy atom. The quantitative estimate of drug-likeness (QED) is 0.487.